The number of aryl methyl sites for hydroxylation is 1. The van der Waals surface area contributed by atoms with Crippen LogP contribution in [-0.2, 0) is 6.54 Å². The summed E-state index contributed by atoms with van der Waals surface area (Å²) in [7, 11) is 0. The minimum Gasteiger partial charge on any atom is -0.393 e. The number of hydrogen-bond acceptors (Lipinski definition) is 5. The Hall–Kier alpha value is -2.90. The predicted octanol–water partition coefficient (Wildman–Crippen LogP) is 1.65. The maximum absolute atomic E-state index is 12.1. The lowest BCUT2D eigenvalue weighted by atomic mass is 10.1. The Morgan fingerprint density at radius 2 is 2.30 bits per heavy atom. The molecule has 0 aliphatic heterocycles. The van der Waals surface area contributed by atoms with Crippen molar-refractivity contribution in [1.82, 2.24) is 9.78 Å². The summed E-state index contributed by atoms with van der Waals surface area (Å²) in [6.07, 6.45) is 3.11. The van der Waals surface area contributed by atoms with Gasteiger partial charge in [0, 0.05) is 12.7 Å². The van der Waals surface area contributed by atoms with Crippen LogP contribution in [0.15, 0.2) is 30.6 Å². The second kappa shape index (κ2) is 5.39. The third-order valence-electron chi connectivity index (χ3n) is 2.71. The van der Waals surface area contributed by atoms with E-state index in [0.29, 0.717) is 12.2 Å². The van der Waals surface area contributed by atoms with Gasteiger partial charge in [0.05, 0.1) is 16.8 Å². The van der Waals surface area contributed by atoms with E-state index in [9.17, 15) is 14.9 Å². The lowest BCUT2D eigenvalue weighted by Gasteiger charge is -2.05. The lowest BCUT2D eigenvalue weighted by molar-refractivity contribution is -0.384. The molecule has 2 aromatic rings. The molecule has 0 saturated heterocycles. The van der Waals surface area contributed by atoms with Crippen LogP contribution in [0.25, 0.3) is 0 Å². The Bertz CT molecular complexity index is 665. The highest BCUT2D eigenvalue weighted by atomic mass is 16.6. The topological polar surface area (TPSA) is 116 Å². The zero-order valence-electron chi connectivity index (χ0n) is 10.7. The SMILES string of the molecule is CCn1cc(NC(=O)c2cccc(N)c2[N+](=O)[O-])cn1. The molecule has 104 valence electrons. The maximum Gasteiger partial charge on any atom is 0.304 e. The highest BCUT2D eigenvalue weighted by Crippen LogP contribution is 2.26. The Morgan fingerprint density at radius 1 is 1.55 bits per heavy atom. The van der Waals surface area contributed by atoms with Crippen LogP contribution in [0.2, 0.25) is 0 Å². The van der Waals surface area contributed by atoms with Gasteiger partial charge in [0.2, 0.25) is 0 Å². The predicted molar refractivity (Wildman–Crippen MR) is 73.4 cm³/mol. The lowest BCUT2D eigenvalue weighted by Crippen LogP contribution is -2.14. The average Bonchev–Trinajstić information content (AvgIpc) is 2.85. The van der Waals surface area contributed by atoms with Crippen molar-refractivity contribution in [1.29, 1.82) is 0 Å². The number of para-hydroxylation sites is 1. The van der Waals surface area contributed by atoms with Gasteiger partial charge in [-0.15, -0.1) is 0 Å². The van der Waals surface area contributed by atoms with E-state index >= 15 is 0 Å². The van der Waals surface area contributed by atoms with E-state index in [1.807, 2.05) is 6.92 Å². The molecular weight excluding hydrogens is 262 g/mol. The molecule has 1 aromatic heterocycles. The summed E-state index contributed by atoms with van der Waals surface area (Å²) < 4.78 is 1.63. The summed E-state index contributed by atoms with van der Waals surface area (Å²) in [6.45, 7) is 2.57. The summed E-state index contributed by atoms with van der Waals surface area (Å²) in [5.74, 6) is -0.598. The average molecular weight is 275 g/mol. The van der Waals surface area contributed by atoms with E-state index in [4.69, 9.17) is 5.73 Å². The van der Waals surface area contributed by atoms with E-state index in [1.165, 1.54) is 24.4 Å². The highest BCUT2D eigenvalue weighted by Gasteiger charge is 2.23. The number of hydrogen-bond donors (Lipinski definition) is 2. The third kappa shape index (κ3) is 2.58. The summed E-state index contributed by atoms with van der Waals surface area (Å²) in [6, 6.07) is 4.23. The van der Waals surface area contributed by atoms with E-state index < -0.39 is 16.5 Å². The van der Waals surface area contributed by atoms with Crippen molar-refractivity contribution >= 4 is 23.0 Å². The monoisotopic (exact) mass is 275 g/mol. The molecule has 20 heavy (non-hydrogen) atoms. The summed E-state index contributed by atoms with van der Waals surface area (Å²) >= 11 is 0. The van der Waals surface area contributed by atoms with Crippen molar-refractivity contribution in [2.45, 2.75) is 13.5 Å². The minimum absolute atomic E-state index is 0.0492. The van der Waals surface area contributed by atoms with Crippen molar-refractivity contribution in [3.05, 3.63) is 46.3 Å². The molecule has 8 nitrogen and oxygen atoms in total. The Balaban J connectivity index is 2.29. The number of nitro groups is 1. The van der Waals surface area contributed by atoms with Crippen molar-refractivity contribution in [2.75, 3.05) is 11.1 Å². The van der Waals surface area contributed by atoms with Gasteiger partial charge in [-0.05, 0) is 19.1 Å². The number of rotatable bonds is 4. The first kappa shape index (κ1) is 13.5. The number of nitrogen functional groups attached to an aromatic ring is 1. The number of carbonyl (C=O) groups excluding carboxylic acids is 1. The molecule has 0 aliphatic carbocycles. The molecule has 1 amide bonds. The number of aromatic nitrogens is 2. The van der Waals surface area contributed by atoms with Gasteiger partial charge in [0.15, 0.2) is 0 Å². The molecule has 0 saturated carbocycles. The van der Waals surface area contributed by atoms with Crippen molar-refractivity contribution in [3.63, 3.8) is 0 Å². The number of nitrogens with two attached hydrogens (primary N) is 1. The standard InChI is InChI=1S/C12H13N5O3/c1-2-16-7-8(6-14-16)15-12(18)9-4-3-5-10(13)11(9)17(19)20/h3-7H,2,13H2,1H3,(H,15,18). The molecular formula is C12H13N5O3. The smallest absolute Gasteiger partial charge is 0.304 e. The number of nitrogens with one attached hydrogen (secondary N) is 1. The number of anilines is 2. The molecule has 0 radical (unpaired) electrons. The molecule has 1 heterocycles. The van der Waals surface area contributed by atoms with Crippen LogP contribution in [0.5, 0.6) is 0 Å². The fourth-order valence-corrected chi connectivity index (χ4v) is 1.75. The number of nitro benzene ring substituents is 1. The second-order valence-electron chi connectivity index (χ2n) is 4.04. The van der Waals surface area contributed by atoms with Crippen LogP contribution in [0.4, 0.5) is 17.1 Å². The minimum atomic E-state index is -0.667. The van der Waals surface area contributed by atoms with Crippen LogP contribution in [0.3, 0.4) is 0 Å². The van der Waals surface area contributed by atoms with E-state index in [2.05, 4.69) is 10.4 Å². The molecule has 8 heteroatoms. The fraction of sp³-hybridized carbons (Fsp3) is 0.167. The van der Waals surface area contributed by atoms with Gasteiger partial charge in [-0.3, -0.25) is 19.6 Å². The largest absolute Gasteiger partial charge is 0.393 e. The molecule has 0 fully saturated rings. The van der Waals surface area contributed by atoms with Crippen LogP contribution < -0.4 is 11.1 Å². The Morgan fingerprint density at radius 3 is 2.90 bits per heavy atom. The fourth-order valence-electron chi connectivity index (χ4n) is 1.75. The summed E-state index contributed by atoms with van der Waals surface area (Å²) in [5.41, 5.74) is 5.48. The maximum atomic E-state index is 12.1. The second-order valence-corrected chi connectivity index (χ2v) is 4.04. The molecule has 0 bridgehead atoms. The van der Waals surface area contributed by atoms with Gasteiger partial charge in [0.25, 0.3) is 5.91 Å². The number of benzene rings is 1. The first-order valence-corrected chi connectivity index (χ1v) is 5.89. The van der Waals surface area contributed by atoms with Crippen LogP contribution >= 0.6 is 0 Å². The number of carbonyl (C=O) groups is 1. The van der Waals surface area contributed by atoms with Crippen LogP contribution in [-0.4, -0.2) is 20.6 Å². The summed E-state index contributed by atoms with van der Waals surface area (Å²) in [5, 5.41) is 17.5. The molecule has 1 aromatic carbocycles. The molecule has 0 aliphatic rings. The van der Waals surface area contributed by atoms with E-state index in [1.54, 1.807) is 10.9 Å². The van der Waals surface area contributed by atoms with Gasteiger partial charge in [-0.25, -0.2) is 0 Å². The Kier molecular flexibility index (Phi) is 3.65. The quantitative estimate of drug-likeness (QED) is 0.500. The van der Waals surface area contributed by atoms with Gasteiger partial charge < -0.3 is 11.1 Å². The van der Waals surface area contributed by atoms with Crippen molar-refractivity contribution < 1.29 is 9.72 Å². The Labute approximate surface area is 114 Å². The first-order chi connectivity index (χ1) is 9.52. The van der Waals surface area contributed by atoms with Gasteiger partial charge in [0.1, 0.15) is 11.3 Å². The number of amides is 1. The molecule has 3 N–H and O–H groups in total. The normalized spacial score (nSPS) is 10.2. The zero-order chi connectivity index (χ0) is 14.7. The zero-order valence-corrected chi connectivity index (χ0v) is 10.7. The van der Waals surface area contributed by atoms with Crippen LogP contribution in [0.1, 0.15) is 17.3 Å². The summed E-state index contributed by atoms with van der Waals surface area (Å²) in [4.78, 5) is 22.4. The van der Waals surface area contributed by atoms with E-state index in [0.717, 1.165) is 0 Å². The van der Waals surface area contributed by atoms with Gasteiger partial charge in [-0.2, -0.15) is 5.10 Å². The van der Waals surface area contributed by atoms with Crippen molar-refractivity contribution in [3.8, 4) is 0 Å². The molecule has 0 spiro atoms. The third-order valence-corrected chi connectivity index (χ3v) is 2.71. The molecule has 0 unspecified atom stereocenters. The van der Waals surface area contributed by atoms with Gasteiger partial charge >= 0.3 is 5.69 Å². The highest BCUT2D eigenvalue weighted by molar-refractivity contribution is 6.08. The van der Waals surface area contributed by atoms with Crippen molar-refractivity contribution in [2.24, 2.45) is 0 Å². The van der Waals surface area contributed by atoms with E-state index in [-0.39, 0.29) is 11.3 Å². The molecule has 0 atom stereocenters. The van der Waals surface area contributed by atoms with Gasteiger partial charge in [-0.1, -0.05) is 6.07 Å². The first-order valence-electron chi connectivity index (χ1n) is 5.89. The molecule has 2 rings (SSSR count). The van der Waals surface area contributed by atoms with Crippen LogP contribution in [0, 0.1) is 10.1 Å². The number of nitrogens with zero attached hydrogens (tertiary/aromatic N) is 3.